The summed E-state index contributed by atoms with van der Waals surface area (Å²) in [6.45, 7) is 2.06. The number of rotatable bonds is 3. The zero-order valence-electron chi connectivity index (χ0n) is 11.9. The molecule has 108 valence electrons. The number of imidazole rings is 1. The molecule has 0 N–H and O–H groups in total. The summed E-state index contributed by atoms with van der Waals surface area (Å²) in [5.74, 6) is -0.453. The van der Waals surface area contributed by atoms with E-state index < -0.39 is 5.97 Å². The van der Waals surface area contributed by atoms with E-state index in [0.29, 0.717) is 17.8 Å². The largest absolute Gasteiger partial charge is 0.461 e. The van der Waals surface area contributed by atoms with Gasteiger partial charge in [0.15, 0.2) is 11.3 Å². The highest BCUT2D eigenvalue weighted by Gasteiger charge is 2.12. The second kappa shape index (κ2) is 5.66. The van der Waals surface area contributed by atoms with Crippen LogP contribution in [-0.2, 0) is 4.74 Å². The number of carbonyl (C=O) groups excluding carboxylic acids is 1. The lowest BCUT2D eigenvalue weighted by Crippen LogP contribution is -2.04. The molecule has 0 unspecified atom stereocenters. The topological polar surface area (TPSA) is 80.3 Å². The first-order valence-electron chi connectivity index (χ1n) is 6.73. The minimum absolute atomic E-state index is 0.251. The van der Waals surface area contributed by atoms with E-state index in [2.05, 4.69) is 16.0 Å². The van der Waals surface area contributed by atoms with Crippen LogP contribution in [0.2, 0.25) is 0 Å². The van der Waals surface area contributed by atoms with E-state index in [4.69, 9.17) is 10.00 Å². The van der Waals surface area contributed by atoms with Crippen LogP contribution in [0.5, 0.6) is 0 Å². The van der Waals surface area contributed by atoms with E-state index >= 15 is 0 Å². The monoisotopic (exact) mass is 292 g/mol. The first kappa shape index (κ1) is 13.8. The molecule has 6 nitrogen and oxygen atoms in total. The summed E-state index contributed by atoms with van der Waals surface area (Å²) < 4.78 is 6.66. The van der Waals surface area contributed by atoms with Crippen molar-refractivity contribution in [3.05, 3.63) is 54.1 Å². The molecule has 6 heteroatoms. The van der Waals surface area contributed by atoms with Crippen molar-refractivity contribution in [3.8, 4) is 17.3 Å². The van der Waals surface area contributed by atoms with Crippen LogP contribution in [0, 0.1) is 11.3 Å². The number of nitriles is 1. The molecule has 2 aromatic heterocycles. The van der Waals surface area contributed by atoms with E-state index in [9.17, 15) is 4.79 Å². The minimum Gasteiger partial charge on any atom is -0.461 e. The first-order valence-corrected chi connectivity index (χ1v) is 6.73. The molecule has 0 spiro atoms. The molecule has 0 bridgehead atoms. The Kier molecular flexibility index (Phi) is 3.54. The van der Waals surface area contributed by atoms with E-state index in [1.807, 2.05) is 12.1 Å². The Balaban J connectivity index is 1.98. The number of fused-ring (bicyclic) bond motifs is 1. The fourth-order valence-electron chi connectivity index (χ4n) is 2.07. The molecule has 0 aliphatic heterocycles. The van der Waals surface area contributed by atoms with Gasteiger partial charge in [-0.05, 0) is 19.1 Å². The van der Waals surface area contributed by atoms with E-state index in [1.54, 1.807) is 42.0 Å². The van der Waals surface area contributed by atoms with Gasteiger partial charge in [0, 0.05) is 18.0 Å². The zero-order valence-corrected chi connectivity index (χ0v) is 11.9. The SMILES string of the molecule is CCOC(=O)c1cn2cc(-c3ccc(C#N)cc3)ncc2n1. The van der Waals surface area contributed by atoms with Crippen molar-refractivity contribution >= 4 is 11.6 Å². The minimum atomic E-state index is -0.453. The quantitative estimate of drug-likeness (QED) is 0.693. The maximum absolute atomic E-state index is 11.7. The Hall–Kier alpha value is -3.20. The van der Waals surface area contributed by atoms with Gasteiger partial charge in [0.1, 0.15) is 0 Å². The molecule has 0 radical (unpaired) electrons. The number of ether oxygens (including phenoxy) is 1. The lowest BCUT2D eigenvalue weighted by Gasteiger charge is -2.01. The van der Waals surface area contributed by atoms with Crippen LogP contribution in [0.4, 0.5) is 0 Å². The number of aromatic nitrogens is 3. The number of hydrogen-bond donors (Lipinski definition) is 0. The van der Waals surface area contributed by atoms with Crippen LogP contribution in [0.15, 0.2) is 42.9 Å². The summed E-state index contributed by atoms with van der Waals surface area (Å²) in [6, 6.07) is 9.21. The number of carbonyl (C=O) groups is 1. The van der Waals surface area contributed by atoms with Crippen LogP contribution in [0.1, 0.15) is 23.0 Å². The van der Waals surface area contributed by atoms with Gasteiger partial charge >= 0.3 is 5.97 Å². The molecule has 3 rings (SSSR count). The molecular weight excluding hydrogens is 280 g/mol. The maximum Gasteiger partial charge on any atom is 0.358 e. The number of esters is 1. The lowest BCUT2D eigenvalue weighted by molar-refractivity contribution is 0.0520. The van der Waals surface area contributed by atoms with Crippen LogP contribution >= 0.6 is 0 Å². The predicted octanol–water partition coefficient (Wildman–Crippen LogP) is 2.44. The second-order valence-electron chi connectivity index (χ2n) is 4.57. The average molecular weight is 292 g/mol. The van der Waals surface area contributed by atoms with Crippen LogP contribution in [0.3, 0.4) is 0 Å². The highest BCUT2D eigenvalue weighted by Crippen LogP contribution is 2.18. The smallest absolute Gasteiger partial charge is 0.358 e. The Bertz CT molecular complexity index is 875. The molecular formula is C16H12N4O2. The molecule has 2 heterocycles. The Labute approximate surface area is 126 Å². The summed E-state index contributed by atoms with van der Waals surface area (Å²) in [4.78, 5) is 20.2. The van der Waals surface area contributed by atoms with E-state index in [1.165, 1.54) is 0 Å². The van der Waals surface area contributed by atoms with Gasteiger partial charge in [-0.25, -0.2) is 9.78 Å². The Morgan fingerprint density at radius 2 is 2.09 bits per heavy atom. The van der Waals surface area contributed by atoms with Crippen molar-refractivity contribution in [1.29, 1.82) is 5.26 Å². The van der Waals surface area contributed by atoms with Crippen molar-refractivity contribution in [1.82, 2.24) is 14.4 Å². The third kappa shape index (κ3) is 2.52. The van der Waals surface area contributed by atoms with E-state index in [-0.39, 0.29) is 5.69 Å². The molecule has 0 aliphatic rings. The normalized spacial score (nSPS) is 10.4. The molecule has 0 amide bonds. The third-order valence-corrected chi connectivity index (χ3v) is 3.14. The Morgan fingerprint density at radius 1 is 1.32 bits per heavy atom. The molecule has 0 saturated heterocycles. The van der Waals surface area contributed by atoms with Gasteiger partial charge in [-0.1, -0.05) is 12.1 Å². The van der Waals surface area contributed by atoms with Gasteiger partial charge in [-0.15, -0.1) is 0 Å². The summed E-state index contributed by atoms with van der Waals surface area (Å²) >= 11 is 0. The standard InChI is InChI=1S/C16H12N4O2/c1-2-22-16(21)14-10-20-9-13(18-8-15(20)19-14)12-5-3-11(7-17)4-6-12/h3-6,8-10H,2H2,1H3. The van der Waals surface area contributed by atoms with Crippen molar-refractivity contribution in [3.63, 3.8) is 0 Å². The van der Waals surface area contributed by atoms with Gasteiger partial charge in [-0.2, -0.15) is 5.26 Å². The molecule has 1 aromatic carbocycles. The van der Waals surface area contributed by atoms with Crippen LogP contribution < -0.4 is 0 Å². The molecule has 3 aromatic rings. The first-order chi connectivity index (χ1) is 10.7. The lowest BCUT2D eigenvalue weighted by atomic mass is 10.1. The summed E-state index contributed by atoms with van der Waals surface area (Å²) in [5.41, 5.74) is 3.02. The maximum atomic E-state index is 11.7. The summed E-state index contributed by atoms with van der Waals surface area (Å²) in [5, 5.41) is 8.82. The van der Waals surface area contributed by atoms with E-state index in [0.717, 1.165) is 11.3 Å². The Morgan fingerprint density at radius 3 is 2.77 bits per heavy atom. The molecule has 22 heavy (non-hydrogen) atoms. The highest BCUT2D eigenvalue weighted by atomic mass is 16.5. The van der Waals surface area contributed by atoms with Crippen molar-refractivity contribution in [2.24, 2.45) is 0 Å². The van der Waals surface area contributed by atoms with Gasteiger partial charge in [0.05, 0.1) is 30.1 Å². The fraction of sp³-hybridized carbons (Fsp3) is 0.125. The van der Waals surface area contributed by atoms with Gasteiger partial charge in [-0.3, -0.25) is 4.98 Å². The molecule has 0 saturated carbocycles. The number of nitrogens with zero attached hydrogens (tertiary/aromatic N) is 4. The van der Waals surface area contributed by atoms with Crippen LogP contribution in [0.25, 0.3) is 16.9 Å². The molecule has 0 atom stereocenters. The fourth-order valence-corrected chi connectivity index (χ4v) is 2.07. The van der Waals surface area contributed by atoms with Crippen LogP contribution in [-0.4, -0.2) is 26.9 Å². The summed E-state index contributed by atoms with van der Waals surface area (Å²) in [6.07, 6.45) is 4.99. The van der Waals surface area contributed by atoms with Gasteiger partial charge in [0.2, 0.25) is 0 Å². The highest BCUT2D eigenvalue weighted by molar-refractivity contribution is 5.88. The van der Waals surface area contributed by atoms with Gasteiger partial charge < -0.3 is 9.14 Å². The number of hydrogen-bond acceptors (Lipinski definition) is 5. The average Bonchev–Trinajstić information content (AvgIpc) is 2.98. The molecule has 0 fully saturated rings. The van der Waals surface area contributed by atoms with Gasteiger partial charge in [0.25, 0.3) is 0 Å². The third-order valence-electron chi connectivity index (χ3n) is 3.14. The van der Waals surface area contributed by atoms with Crippen molar-refractivity contribution < 1.29 is 9.53 Å². The summed E-state index contributed by atoms with van der Waals surface area (Å²) in [7, 11) is 0. The second-order valence-corrected chi connectivity index (χ2v) is 4.57. The van der Waals surface area contributed by atoms with Crippen molar-refractivity contribution in [2.75, 3.05) is 6.61 Å². The predicted molar refractivity (Wildman–Crippen MR) is 79.1 cm³/mol. The zero-order chi connectivity index (χ0) is 15.5. The van der Waals surface area contributed by atoms with Crippen molar-refractivity contribution in [2.45, 2.75) is 6.92 Å². The number of benzene rings is 1. The molecule has 0 aliphatic carbocycles.